The molecule has 0 aliphatic heterocycles. The Hall–Kier alpha value is -4.08. The molecule has 1 atom stereocenters. The third kappa shape index (κ3) is 5.69. The van der Waals surface area contributed by atoms with Gasteiger partial charge in [0.1, 0.15) is 17.7 Å². The van der Waals surface area contributed by atoms with E-state index in [2.05, 4.69) is 25.8 Å². The monoisotopic (exact) mass is 531 g/mol. The first kappa shape index (κ1) is 26.5. The summed E-state index contributed by atoms with van der Waals surface area (Å²) in [5.74, 6) is 0.872. The van der Waals surface area contributed by atoms with Gasteiger partial charge in [0.15, 0.2) is 11.5 Å². The number of nitrogens with zero attached hydrogens (tertiary/aromatic N) is 5. The van der Waals surface area contributed by atoms with E-state index >= 15 is 0 Å². The summed E-state index contributed by atoms with van der Waals surface area (Å²) in [7, 11) is 1.88. The van der Waals surface area contributed by atoms with Crippen molar-refractivity contribution in [1.29, 1.82) is 0 Å². The summed E-state index contributed by atoms with van der Waals surface area (Å²) in [5, 5.41) is 15.6. The number of hydrogen-bond donors (Lipinski definition) is 2. The van der Waals surface area contributed by atoms with Crippen molar-refractivity contribution in [3.63, 3.8) is 0 Å². The van der Waals surface area contributed by atoms with Crippen LogP contribution in [0.2, 0.25) is 0 Å². The van der Waals surface area contributed by atoms with Crippen molar-refractivity contribution >= 4 is 22.7 Å². The summed E-state index contributed by atoms with van der Waals surface area (Å²) in [4.78, 5) is 31.5. The Morgan fingerprint density at radius 1 is 1.08 bits per heavy atom. The number of nitrogens with one attached hydrogen (secondary N) is 2. The van der Waals surface area contributed by atoms with Crippen LogP contribution >= 0.6 is 0 Å². The van der Waals surface area contributed by atoms with Gasteiger partial charge < -0.3 is 10.6 Å². The molecule has 2 amide bonds. The maximum Gasteiger partial charge on any atom is 0.273 e. The van der Waals surface area contributed by atoms with Crippen LogP contribution in [-0.2, 0) is 24.9 Å². The van der Waals surface area contributed by atoms with Crippen LogP contribution in [0.1, 0.15) is 73.7 Å². The SMILES string of the molecule is Cn1nc(CNC(=O)[C@@H](NC(=O)c2nn(Cc3ccc(F)cc3)c3ccccc23)C(C)(C)C)nc1C1CCC1. The summed E-state index contributed by atoms with van der Waals surface area (Å²) in [6, 6.07) is 12.8. The second-order valence-corrected chi connectivity index (χ2v) is 11.3. The number of halogens is 1. The number of carbonyl (C=O) groups excluding carboxylic acids is 2. The van der Waals surface area contributed by atoms with Gasteiger partial charge in [0.25, 0.3) is 5.91 Å². The number of amides is 2. The molecular formula is C29H34FN7O2. The van der Waals surface area contributed by atoms with Crippen LogP contribution in [0.4, 0.5) is 4.39 Å². The lowest BCUT2D eigenvalue weighted by Gasteiger charge is -2.30. The maximum absolute atomic E-state index is 13.5. The molecule has 2 N–H and O–H groups in total. The van der Waals surface area contributed by atoms with Crippen molar-refractivity contribution in [2.75, 3.05) is 0 Å². The number of hydrogen-bond acceptors (Lipinski definition) is 5. The van der Waals surface area contributed by atoms with Crippen LogP contribution in [-0.4, -0.2) is 42.4 Å². The minimum absolute atomic E-state index is 0.178. The Morgan fingerprint density at radius 2 is 1.79 bits per heavy atom. The molecule has 2 heterocycles. The van der Waals surface area contributed by atoms with E-state index in [1.54, 1.807) is 21.5 Å². The van der Waals surface area contributed by atoms with Crippen molar-refractivity contribution in [1.82, 2.24) is 35.2 Å². The van der Waals surface area contributed by atoms with Crippen LogP contribution in [0.15, 0.2) is 48.5 Å². The number of fused-ring (bicyclic) bond motifs is 1. The molecule has 0 bridgehead atoms. The first-order valence-corrected chi connectivity index (χ1v) is 13.3. The lowest BCUT2D eigenvalue weighted by atomic mass is 9.85. The topological polar surface area (TPSA) is 107 Å². The molecule has 0 spiro atoms. The molecule has 2 aromatic heterocycles. The lowest BCUT2D eigenvalue weighted by Crippen LogP contribution is -2.53. The summed E-state index contributed by atoms with van der Waals surface area (Å²) in [6.45, 7) is 6.25. The van der Waals surface area contributed by atoms with Crippen molar-refractivity contribution < 1.29 is 14.0 Å². The second kappa shape index (κ2) is 10.6. The zero-order valence-electron chi connectivity index (χ0n) is 22.7. The number of aromatic nitrogens is 5. The number of rotatable bonds is 8. The first-order chi connectivity index (χ1) is 18.6. The Kier molecular flexibility index (Phi) is 7.20. The normalized spacial score (nSPS) is 14.7. The van der Waals surface area contributed by atoms with Gasteiger partial charge in [-0.15, -0.1) is 0 Å². The second-order valence-electron chi connectivity index (χ2n) is 11.3. The van der Waals surface area contributed by atoms with Gasteiger partial charge in [0, 0.05) is 18.4 Å². The van der Waals surface area contributed by atoms with Gasteiger partial charge in [-0.25, -0.2) is 9.37 Å². The van der Waals surface area contributed by atoms with Gasteiger partial charge >= 0.3 is 0 Å². The third-order valence-electron chi connectivity index (χ3n) is 7.25. The molecule has 1 aliphatic rings. The fourth-order valence-corrected chi connectivity index (χ4v) is 4.87. The molecule has 0 radical (unpaired) electrons. The largest absolute Gasteiger partial charge is 0.347 e. The van der Waals surface area contributed by atoms with E-state index in [-0.39, 0.29) is 24.0 Å². The molecule has 1 saturated carbocycles. The van der Waals surface area contributed by atoms with Crippen molar-refractivity contribution in [2.45, 2.75) is 65.1 Å². The molecule has 9 nitrogen and oxygen atoms in total. The number of benzene rings is 2. The standard InChI is InChI=1S/C29H34FN7O2/c1-29(2,3)25(28(39)31-16-23-32-26(36(4)34-23)19-8-7-9-19)33-27(38)24-21-10-5-6-11-22(21)37(35-24)17-18-12-14-20(30)15-13-18/h5-6,10-15,19,25H,7-9,16-17H2,1-4H3,(H,31,39)(H,33,38)/t25-/m1/s1. The third-order valence-corrected chi connectivity index (χ3v) is 7.25. The highest BCUT2D eigenvalue weighted by atomic mass is 19.1. The molecule has 10 heteroatoms. The summed E-state index contributed by atoms with van der Waals surface area (Å²) < 4.78 is 16.9. The predicted octanol–water partition coefficient (Wildman–Crippen LogP) is 4.08. The van der Waals surface area contributed by atoms with Crippen molar-refractivity contribution in [2.24, 2.45) is 12.5 Å². The molecule has 204 valence electrons. The van der Waals surface area contributed by atoms with Gasteiger partial charge in [-0.3, -0.25) is 19.0 Å². The molecule has 39 heavy (non-hydrogen) atoms. The van der Waals surface area contributed by atoms with Crippen LogP contribution in [0.5, 0.6) is 0 Å². The molecule has 1 fully saturated rings. The smallest absolute Gasteiger partial charge is 0.273 e. The van der Waals surface area contributed by atoms with Gasteiger partial charge in [-0.05, 0) is 42.0 Å². The Balaban J connectivity index is 1.33. The molecule has 1 aliphatic carbocycles. The van der Waals surface area contributed by atoms with Crippen LogP contribution in [0.3, 0.4) is 0 Å². The summed E-state index contributed by atoms with van der Waals surface area (Å²) >= 11 is 0. The van der Waals surface area contributed by atoms with Crippen LogP contribution in [0, 0.1) is 11.2 Å². The predicted molar refractivity (Wildman–Crippen MR) is 145 cm³/mol. The highest BCUT2D eigenvalue weighted by Crippen LogP contribution is 2.35. The Labute approximate surface area is 226 Å². The van der Waals surface area contributed by atoms with Crippen LogP contribution < -0.4 is 10.6 Å². The molecule has 0 saturated heterocycles. The average Bonchev–Trinajstić information content (AvgIpc) is 3.41. The number of aryl methyl sites for hydroxylation is 1. The van der Waals surface area contributed by atoms with E-state index < -0.39 is 17.4 Å². The molecule has 5 rings (SSSR count). The van der Waals surface area contributed by atoms with E-state index in [4.69, 9.17) is 0 Å². The molecular weight excluding hydrogens is 497 g/mol. The highest BCUT2D eigenvalue weighted by Gasteiger charge is 2.34. The first-order valence-electron chi connectivity index (χ1n) is 13.3. The Morgan fingerprint density at radius 3 is 2.46 bits per heavy atom. The highest BCUT2D eigenvalue weighted by molar-refractivity contribution is 6.06. The minimum atomic E-state index is -0.819. The van der Waals surface area contributed by atoms with Gasteiger partial charge in [0.2, 0.25) is 5.91 Å². The minimum Gasteiger partial charge on any atom is -0.347 e. The van der Waals surface area contributed by atoms with Gasteiger partial charge in [0.05, 0.1) is 18.6 Å². The zero-order chi connectivity index (χ0) is 27.7. The molecule has 2 aromatic carbocycles. The van der Waals surface area contributed by atoms with E-state index in [0.29, 0.717) is 23.7 Å². The average molecular weight is 532 g/mol. The van der Waals surface area contributed by atoms with E-state index in [1.807, 2.05) is 52.1 Å². The summed E-state index contributed by atoms with van der Waals surface area (Å²) in [6.07, 6.45) is 3.44. The fraction of sp³-hybridized carbons (Fsp3) is 0.414. The maximum atomic E-state index is 13.5. The number of carbonyl (C=O) groups is 2. The van der Waals surface area contributed by atoms with Crippen molar-refractivity contribution in [3.05, 3.63) is 77.3 Å². The fourth-order valence-electron chi connectivity index (χ4n) is 4.87. The zero-order valence-corrected chi connectivity index (χ0v) is 22.7. The Bertz CT molecular complexity index is 1500. The quantitative estimate of drug-likeness (QED) is 0.356. The van der Waals surface area contributed by atoms with Crippen LogP contribution in [0.25, 0.3) is 10.9 Å². The molecule has 4 aromatic rings. The number of para-hydroxylation sites is 1. The molecule has 0 unspecified atom stereocenters. The van der Waals surface area contributed by atoms with E-state index in [1.165, 1.54) is 18.6 Å². The van der Waals surface area contributed by atoms with Gasteiger partial charge in [-0.2, -0.15) is 10.2 Å². The van der Waals surface area contributed by atoms with E-state index in [0.717, 1.165) is 29.7 Å². The van der Waals surface area contributed by atoms with E-state index in [9.17, 15) is 14.0 Å². The lowest BCUT2D eigenvalue weighted by molar-refractivity contribution is -0.125. The summed E-state index contributed by atoms with van der Waals surface area (Å²) in [5.41, 5.74) is 1.28. The van der Waals surface area contributed by atoms with Gasteiger partial charge in [-0.1, -0.05) is 57.5 Å². The van der Waals surface area contributed by atoms with Crippen molar-refractivity contribution in [3.8, 4) is 0 Å².